The van der Waals surface area contributed by atoms with Crippen LogP contribution >= 0.6 is 0 Å². The Morgan fingerprint density at radius 1 is 1.45 bits per heavy atom. The predicted octanol–water partition coefficient (Wildman–Crippen LogP) is 2.52. The number of aryl methyl sites for hydroxylation is 1. The van der Waals surface area contributed by atoms with Crippen molar-refractivity contribution in [1.82, 2.24) is 14.3 Å². The van der Waals surface area contributed by atoms with Crippen LogP contribution in [0, 0.1) is 11.3 Å². The molecule has 0 amide bonds. The van der Waals surface area contributed by atoms with E-state index in [1.54, 1.807) is 0 Å². The molecule has 1 aliphatic rings. The van der Waals surface area contributed by atoms with Crippen molar-refractivity contribution in [2.75, 3.05) is 0 Å². The minimum absolute atomic E-state index is 0.168. The van der Waals surface area contributed by atoms with Crippen molar-refractivity contribution < 1.29 is 4.39 Å². The summed E-state index contributed by atoms with van der Waals surface area (Å²) in [4.78, 5) is 12.5. The highest BCUT2D eigenvalue weighted by molar-refractivity contribution is 5.24. The van der Waals surface area contributed by atoms with E-state index in [2.05, 4.69) is 11.7 Å². The van der Waals surface area contributed by atoms with Gasteiger partial charge in [-0.15, -0.1) is 0 Å². The topological polar surface area (TPSA) is 63.6 Å². The van der Waals surface area contributed by atoms with Gasteiger partial charge < -0.3 is 0 Å². The maximum Gasteiger partial charge on any atom is 0.346 e. The number of fused-ring (bicyclic) bond motifs is 1. The van der Waals surface area contributed by atoms with Crippen molar-refractivity contribution in [1.29, 1.82) is 5.26 Å². The van der Waals surface area contributed by atoms with E-state index in [1.165, 1.54) is 9.25 Å². The Labute approximate surface area is 126 Å². The predicted molar refractivity (Wildman–Crippen MR) is 78.9 cm³/mol. The van der Waals surface area contributed by atoms with Gasteiger partial charge in [-0.05, 0) is 5.56 Å². The van der Waals surface area contributed by atoms with E-state index < -0.39 is 6.17 Å². The second kappa shape index (κ2) is 5.60. The number of nitriles is 1. The first kappa shape index (κ1) is 14.3. The van der Waals surface area contributed by atoms with Gasteiger partial charge in [0, 0.05) is 18.4 Å². The Morgan fingerprint density at radius 3 is 2.86 bits per heavy atom. The van der Waals surface area contributed by atoms with E-state index in [0.717, 1.165) is 5.56 Å². The molecule has 1 unspecified atom stereocenters. The summed E-state index contributed by atoms with van der Waals surface area (Å²) in [5.74, 6) is 0.168. The zero-order valence-corrected chi connectivity index (χ0v) is 11.9. The summed E-state index contributed by atoms with van der Waals surface area (Å²) in [6, 6.07) is 11.0. The van der Waals surface area contributed by atoms with Crippen LogP contribution in [0.5, 0.6) is 0 Å². The van der Waals surface area contributed by atoms with Crippen LogP contribution in [-0.4, -0.2) is 14.3 Å². The quantitative estimate of drug-likeness (QED) is 0.815. The molecule has 0 aliphatic carbocycles. The zero-order valence-electron chi connectivity index (χ0n) is 11.9. The van der Waals surface area contributed by atoms with Crippen LogP contribution in [0.1, 0.15) is 36.4 Å². The molecule has 2 atom stereocenters. The van der Waals surface area contributed by atoms with Gasteiger partial charge in [-0.1, -0.05) is 36.9 Å². The van der Waals surface area contributed by atoms with Crippen LogP contribution in [0.4, 0.5) is 4.39 Å². The molecule has 0 N–H and O–H groups in total. The van der Waals surface area contributed by atoms with E-state index in [-0.39, 0.29) is 30.5 Å². The minimum Gasteiger partial charge on any atom is -0.269 e. The van der Waals surface area contributed by atoms with Crippen molar-refractivity contribution >= 4 is 0 Å². The lowest BCUT2D eigenvalue weighted by atomic mass is 10.0. The second-order valence-electron chi connectivity index (χ2n) is 5.33. The van der Waals surface area contributed by atoms with Gasteiger partial charge in [-0.25, -0.2) is 13.9 Å². The summed E-state index contributed by atoms with van der Waals surface area (Å²) in [6.45, 7) is 3.81. The van der Waals surface area contributed by atoms with Crippen molar-refractivity contribution in [2.24, 2.45) is 0 Å². The smallest absolute Gasteiger partial charge is 0.269 e. The average Bonchev–Trinajstić information content (AvgIpc) is 3.04. The third-order valence-electron chi connectivity index (χ3n) is 3.89. The fourth-order valence-corrected chi connectivity index (χ4v) is 2.75. The Bertz CT molecular complexity index is 800. The van der Waals surface area contributed by atoms with Crippen LogP contribution in [0.25, 0.3) is 0 Å². The molecule has 0 bridgehead atoms. The number of allylic oxidation sites excluding steroid dienone is 1. The first-order valence-electron chi connectivity index (χ1n) is 7.08. The molecular formula is C16H15FN4O. The van der Waals surface area contributed by atoms with E-state index in [9.17, 15) is 9.18 Å². The van der Waals surface area contributed by atoms with Crippen LogP contribution in [0.3, 0.4) is 0 Å². The first-order chi connectivity index (χ1) is 10.6. The van der Waals surface area contributed by atoms with Crippen LogP contribution in [0.15, 0.2) is 47.3 Å². The molecule has 5 nitrogen and oxygen atoms in total. The SMILES string of the molecule is C=C(C#N)CCn1nc2n(c1=O)[C@H](c1ccccc1)CC2F. The molecule has 112 valence electrons. The molecule has 1 aliphatic heterocycles. The van der Waals surface area contributed by atoms with Gasteiger partial charge in [0.1, 0.15) is 0 Å². The summed E-state index contributed by atoms with van der Waals surface area (Å²) >= 11 is 0. The number of halogens is 1. The van der Waals surface area contributed by atoms with Crippen molar-refractivity contribution in [3.8, 4) is 6.07 Å². The van der Waals surface area contributed by atoms with Gasteiger partial charge in [0.05, 0.1) is 18.7 Å². The zero-order chi connectivity index (χ0) is 15.7. The number of hydrogen-bond donors (Lipinski definition) is 0. The minimum atomic E-state index is -1.25. The Kier molecular flexibility index (Phi) is 3.63. The van der Waals surface area contributed by atoms with E-state index in [4.69, 9.17) is 5.26 Å². The molecule has 0 saturated heterocycles. The number of nitrogens with zero attached hydrogens (tertiary/aromatic N) is 4. The third-order valence-corrected chi connectivity index (χ3v) is 3.89. The highest BCUT2D eigenvalue weighted by Gasteiger charge is 2.36. The molecular weight excluding hydrogens is 283 g/mol. The van der Waals surface area contributed by atoms with Gasteiger partial charge >= 0.3 is 5.69 Å². The van der Waals surface area contributed by atoms with Gasteiger partial charge in [0.15, 0.2) is 12.0 Å². The van der Waals surface area contributed by atoms with Crippen molar-refractivity contribution in [2.45, 2.75) is 31.6 Å². The lowest BCUT2D eigenvalue weighted by Gasteiger charge is -2.11. The lowest BCUT2D eigenvalue weighted by Crippen LogP contribution is -2.27. The molecule has 0 fully saturated rings. The summed E-state index contributed by atoms with van der Waals surface area (Å²) in [6.07, 6.45) is -0.689. The standard InChI is InChI=1S/C16H15FN4O/c1-11(10-18)7-8-20-16(22)21-14(9-13(17)15(21)19-20)12-5-3-2-4-6-12/h2-6,13-14H,1,7-9H2/t13?,14-/m0/s1. The fourth-order valence-electron chi connectivity index (χ4n) is 2.75. The Hall–Kier alpha value is -2.68. The second-order valence-corrected chi connectivity index (χ2v) is 5.33. The summed E-state index contributed by atoms with van der Waals surface area (Å²) in [7, 11) is 0. The summed E-state index contributed by atoms with van der Waals surface area (Å²) in [5, 5.41) is 12.8. The number of rotatable bonds is 4. The highest BCUT2D eigenvalue weighted by atomic mass is 19.1. The van der Waals surface area contributed by atoms with Crippen molar-refractivity contribution in [3.63, 3.8) is 0 Å². The molecule has 1 aromatic heterocycles. The molecule has 2 aromatic rings. The maximum absolute atomic E-state index is 14.2. The van der Waals surface area contributed by atoms with Gasteiger partial charge in [0.2, 0.25) is 0 Å². The lowest BCUT2D eigenvalue weighted by molar-refractivity contribution is 0.322. The maximum atomic E-state index is 14.2. The normalized spacial score (nSPS) is 19.6. The molecule has 6 heteroatoms. The monoisotopic (exact) mass is 298 g/mol. The van der Waals surface area contributed by atoms with Crippen LogP contribution in [-0.2, 0) is 6.54 Å². The molecule has 0 saturated carbocycles. The van der Waals surface area contributed by atoms with Crippen molar-refractivity contribution in [3.05, 3.63) is 64.4 Å². The first-order valence-corrected chi connectivity index (χ1v) is 7.08. The number of aromatic nitrogens is 3. The van der Waals surface area contributed by atoms with Gasteiger partial charge in [0.25, 0.3) is 0 Å². The molecule has 0 radical (unpaired) electrons. The Balaban J connectivity index is 1.95. The molecule has 3 rings (SSSR count). The van der Waals surface area contributed by atoms with Crippen LogP contribution < -0.4 is 5.69 Å². The van der Waals surface area contributed by atoms with Gasteiger partial charge in [-0.3, -0.25) is 4.57 Å². The van der Waals surface area contributed by atoms with E-state index in [0.29, 0.717) is 12.0 Å². The van der Waals surface area contributed by atoms with Crippen LogP contribution in [0.2, 0.25) is 0 Å². The molecule has 0 spiro atoms. The summed E-state index contributed by atoms with van der Waals surface area (Å²) in [5.41, 5.74) is 0.929. The molecule has 22 heavy (non-hydrogen) atoms. The molecule has 1 aromatic carbocycles. The molecule has 2 heterocycles. The number of hydrogen-bond acceptors (Lipinski definition) is 3. The fraction of sp³-hybridized carbons (Fsp3) is 0.312. The van der Waals surface area contributed by atoms with Gasteiger partial charge in [-0.2, -0.15) is 10.4 Å². The largest absolute Gasteiger partial charge is 0.346 e. The third kappa shape index (κ3) is 2.35. The number of benzene rings is 1. The Morgan fingerprint density at radius 2 is 2.18 bits per heavy atom. The highest BCUT2D eigenvalue weighted by Crippen LogP contribution is 2.38. The van der Waals surface area contributed by atoms with E-state index in [1.807, 2.05) is 36.4 Å². The number of alkyl halides is 1. The summed E-state index contributed by atoms with van der Waals surface area (Å²) < 4.78 is 16.9. The van der Waals surface area contributed by atoms with E-state index >= 15 is 0 Å². The average molecular weight is 298 g/mol.